The minimum atomic E-state index is -0.419. The third-order valence-electron chi connectivity index (χ3n) is 3.41. The Labute approximate surface area is 162 Å². The zero-order valence-corrected chi connectivity index (χ0v) is 16.1. The van der Waals surface area contributed by atoms with Gasteiger partial charge in [0.15, 0.2) is 0 Å². The monoisotopic (exact) mass is 380 g/mol. The first-order chi connectivity index (χ1) is 13.1. The molecule has 0 saturated carbocycles. The Bertz CT molecular complexity index is 429. The summed E-state index contributed by atoms with van der Waals surface area (Å²) in [4.78, 5) is 23.1. The van der Waals surface area contributed by atoms with Crippen LogP contribution < -0.4 is 0 Å². The number of hydrogen-bond acceptors (Lipinski definition) is 6. The van der Waals surface area contributed by atoms with Gasteiger partial charge in [0, 0.05) is 26.1 Å². The van der Waals surface area contributed by atoms with Gasteiger partial charge >= 0.3 is 11.9 Å². The molecule has 0 amide bonds. The standard InChI is InChI=1S/C21H32O6/c1-5-12-18(7-3)26-20(22)16-24-14-10-9-11-15-25-17-21(23)27-19(8-4)13-6-2/h5-8,18-19H,1-4,9-17H2. The highest BCUT2D eigenvalue weighted by Crippen LogP contribution is 2.03. The van der Waals surface area contributed by atoms with Crippen LogP contribution in [0.1, 0.15) is 32.1 Å². The van der Waals surface area contributed by atoms with E-state index in [1.54, 1.807) is 24.3 Å². The highest BCUT2D eigenvalue weighted by Gasteiger charge is 2.10. The van der Waals surface area contributed by atoms with Gasteiger partial charge in [-0.2, -0.15) is 0 Å². The summed E-state index contributed by atoms with van der Waals surface area (Å²) in [7, 11) is 0. The van der Waals surface area contributed by atoms with Crippen LogP contribution in [-0.4, -0.2) is 50.6 Å². The largest absolute Gasteiger partial charge is 0.456 e. The molecule has 0 aromatic heterocycles. The van der Waals surface area contributed by atoms with Crippen LogP contribution in [0.5, 0.6) is 0 Å². The maximum atomic E-state index is 11.6. The maximum absolute atomic E-state index is 11.6. The number of carbonyl (C=O) groups excluding carboxylic acids is 2. The number of hydrogen-bond donors (Lipinski definition) is 0. The van der Waals surface area contributed by atoms with Crippen molar-refractivity contribution in [3.63, 3.8) is 0 Å². The van der Waals surface area contributed by atoms with Crippen molar-refractivity contribution in [3.8, 4) is 0 Å². The highest BCUT2D eigenvalue weighted by molar-refractivity contribution is 5.71. The first kappa shape index (κ1) is 24.8. The molecule has 0 aliphatic carbocycles. The lowest BCUT2D eigenvalue weighted by molar-refractivity contribution is -0.152. The van der Waals surface area contributed by atoms with Crippen LogP contribution in [0.15, 0.2) is 50.6 Å². The van der Waals surface area contributed by atoms with Crippen molar-refractivity contribution in [3.05, 3.63) is 50.6 Å². The zero-order valence-electron chi connectivity index (χ0n) is 16.1. The van der Waals surface area contributed by atoms with Crippen molar-refractivity contribution in [2.24, 2.45) is 0 Å². The second-order valence-corrected chi connectivity index (χ2v) is 5.74. The predicted octanol–water partition coefficient (Wildman–Crippen LogP) is 3.54. The molecule has 6 heteroatoms. The Morgan fingerprint density at radius 2 is 1.11 bits per heavy atom. The van der Waals surface area contributed by atoms with Gasteiger partial charge in [0.05, 0.1) is 0 Å². The molecule has 2 unspecified atom stereocenters. The predicted molar refractivity (Wildman–Crippen MR) is 105 cm³/mol. The van der Waals surface area contributed by atoms with E-state index in [2.05, 4.69) is 26.3 Å². The van der Waals surface area contributed by atoms with E-state index in [1.165, 1.54) is 0 Å². The van der Waals surface area contributed by atoms with Gasteiger partial charge in [-0.15, -0.1) is 13.2 Å². The van der Waals surface area contributed by atoms with Gasteiger partial charge in [-0.25, -0.2) is 9.59 Å². The molecule has 0 radical (unpaired) electrons. The molecule has 0 aromatic rings. The number of rotatable bonds is 18. The third-order valence-corrected chi connectivity index (χ3v) is 3.41. The van der Waals surface area contributed by atoms with Gasteiger partial charge in [-0.05, 0) is 19.3 Å². The van der Waals surface area contributed by atoms with Crippen LogP contribution >= 0.6 is 0 Å². The summed E-state index contributed by atoms with van der Waals surface area (Å²) in [6.07, 6.45) is 9.24. The van der Waals surface area contributed by atoms with Crippen molar-refractivity contribution in [2.45, 2.75) is 44.3 Å². The number of esters is 2. The summed E-state index contributed by atoms with van der Waals surface area (Å²) in [5, 5.41) is 0. The topological polar surface area (TPSA) is 71.1 Å². The molecular formula is C21H32O6. The lowest BCUT2D eigenvalue weighted by Gasteiger charge is -2.12. The van der Waals surface area contributed by atoms with E-state index in [-0.39, 0.29) is 25.4 Å². The molecule has 0 spiro atoms. The van der Waals surface area contributed by atoms with Gasteiger partial charge in [0.1, 0.15) is 25.4 Å². The molecule has 0 N–H and O–H groups in total. The van der Waals surface area contributed by atoms with Crippen LogP contribution in [0.3, 0.4) is 0 Å². The van der Waals surface area contributed by atoms with Crippen LogP contribution in [-0.2, 0) is 28.5 Å². The molecule has 0 rings (SSSR count). The Morgan fingerprint density at radius 1 is 0.704 bits per heavy atom. The maximum Gasteiger partial charge on any atom is 0.332 e. The second-order valence-electron chi connectivity index (χ2n) is 5.74. The van der Waals surface area contributed by atoms with Crippen molar-refractivity contribution in [1.29, 1.82) is 0 Å². The summed E-state index contributed by atoms with van der Waals surface area (Å²) in [6, 6.07) is 0. The van der Waals surface area contributed by atoms with Gasteiger partial charge in [0.25, 0.3) is 0 Å². The molecule has 0 aliphatic rings. The highest BCUT2D eigenvalue weighted by atomic mass is 16.6. The minimum absolute atomic E-state index is 0.0843. The summed E-state index contributed by atoms with van der Waals surface area (Å²) in [6.45, 7) is 15.1. The first-order valence-electron chi connectivity index (χ1n) is 9.08. The van der Waals surface area contributed by atoms with E-state index in [4.69, 9.17) is 18.9 Å². The van der Waals surface area contributed by atoms with Crippen LogP contribution in [0.2, 0.25) is 0 Å². The molecule has 0 fully saturated rings. The minimum Gasteiger partial charge on any atom is -0.456 e. The average molecular weight is 380 g/mol. The number of unbranched alkanes of at least 4 members (excludes halogenated alkanes) is 2. The zero-order chi connectivity index (χ0) is 20.3. The molecule has 0 heterocycles. The summed E-state index contributed by atoms with van der Waals surface area (Å²) >= 11 is 0. The van der Waals surface area contributed by atoms with Gasteiger partial charge in [-0.3, -0.25) is 0 Å². The number of carbonyl (C=O) groups is 2. The van der Waals surface area contributed by atoms with Crippen molar-refractivity contribution >= 4 is 11.9 Å². The molecule has 6 nitrogen and oxygen atoms in total. The average Bonchev–Trinajstić information content (AvgIpc) is 2.65. The SMILES string of the molecule is C=CCC(C=C)OC(=O)COCCCCCOCC(=O)OC(C=C)CC=C. The fourth-order valence-electron chi connectivity index (χ4n) is 2.02. The Kier molecular flexibility index (Phi) is 15.9. The van der Waals surface area contributed by atoms with Crippen molar-refractivity contribution in [1.82, 2.24) is 0 Å². The Hall–Kier alpha value is -2.18. The second kappa shape index (κ2) is 17.2. The van der Waals surface area contributed by atoms with Gasteiger partial charge < -0.3 is 18.9 Å². The third kappa shape index (κ3) is 14.7. The molecule has 152 valence electrons. The Morgan fingerprint density at radius 3 is 1.44 bits per heavy atom. The molecule has 0 aromatic carbocycles. The lowest BCUT2D eigenvalue weighted by atomic mass is 10.2. The van der Waals surface area contributed by atoms with Gasteiger partial charge in [0.2, 0.25) is 0 Å². The van der Waals surface area contributed by atoms with E-state index in [0.717, 1.165) is 19.3 Å². The quantitative estimate of drug-likeness (QED) is 0.206. The first-order valence-corrected chi connectivity index (χ1v) is 9.08. The molecule has 27 heavy (non-hydrogen) atoms. The molecule has 2 atom stereocenters. The molecule has 0 saturated heterocycles. The summed E-state index contributed by atoms with van der Waals surface area (Å²) < 4.78 is 20.8. The summed E-state index contributed by atoms with van der Waals surface area (Å²) in [5.41, 5.74) is 0. The van der Waals surface area contributed by atoms with Crippen LogP contribution in [0.4, 0.5) is 0 Å². The smallest absolute Gasteiger partial charge is 0.332 e. The Balaban J connectivity index is 3.56. The lowest BCUT2D eigenvalue weighted by Crippen LogP contribution is -2.20. The van der Waals surface area contributed by atoms with Crippen LogP contribution in [0.25, 0.3) is 0 Å². The van der Waals surface area contributed by atoms with E-state index in [1.807, 2.05) is 0 Å². The van der Waals surface area contributed by atoms with Gasteiger partial charge in [-0.1, -0.05) is 37.5 Å². The van der Waals surface area contributed by atoms with Crippen molar-refractivity contribution < 1.29 is 28.5 Å². The van der Waals surface area contributed by atoms with E-state index >= 15 is 0 Å². The van der Waals surface area contributed by atoms with E-state index < -0.39 is 11.9 Å². The van der Waals surface area contributed by atoms with E-state index in [0.29, 0.717) is 26.1 Å². The molecule has 0 bridgehead atoms. The molecular weight excluding hydrogens is 348 g/mol. The number of ether oxygens (including phenoxy) is 4. The fourth-order valence-corrected chi connectivity index (χ4v) is 2.02. The van der Waals surface area contributed by atoms with Crippen molar-refractivity contribution in [2.75, 3.05) is 26.4 Å². The van der Waals surface area contributed by atoms with Crippen LogP contribution in [0, 0.1) is 0 Å². The molecule has 0 aliphatic heterocycles. The summed E-state index contributed by atoms with van der Waals surface area (Å²) in [5.74, 6) is -0.837. The fraction of sp³-hybridized carbons (Fsp3) is 0.524. The normalized spacial score (nSPS) is 12.4. The van der Waals surface area contributed by atoms with E-state index in [9.17, 15) is 9.59 Å².